The Morgan fingerprint density at radius 3 is 2.64 bits per heavy atom. The highest BCUT2D eigenvalue weighted by Gasteiger charge is 2.10. The molecule has 0 saturated carbocycles. The van der Waals surface area contributed by atoms with Crippen LogP contribution in [0.2, 0.25) is 0 Å². The molecule has 0 bridgehead atoms. The predicted molar refractivity (Wildman–Crippen MR) is 97.7 cm³/mol. The van der Waals surface area contributed by atoms with Gasteiger partial charge in [-0.25, -0.2) is 0 Å². The molecule has 132 valence electrons. The second-order valence-corrected chi connectivity index (χ2v) is 6.31. The van der Waals surface area contributed by atoms with E-state index in [9.17, 15) is 4.79 Å². The van der Waals surface area contributed by atoms with Crippen LogP contribution in [0.5, 0.6) is 5.75 Å². The molecule has 1 N–H and O–H groups in total. The van der Waals surface area contributed by atoms with E-state index >= 15 is 0 Å². The van der Waals surface area contributed by atoms with Gasteiger partial charge in [0.2, 0.25) is 0 Å². The highest BCUT2D eigenvalue weighted by Crippen LogP contribution is 2.25. The number of ether oxygens (including phenoxy) is 2. The monoisotopic (exact) mass is 339 g/mol. The molecule has 0 spiro atoms. The van der Waals surface area contributed by atoms with Crippen molar-refractivity contribution in [2.24, 2.45) is 0 Å². The van der Waals surface area contributed by atoms with Crippen molar-refractivity contribution in [1.82, 2.24) is 5.32 Å². The highest BCUT2D eigenvalue weighted by atomic mass is 16.5. The van der Waals surface area contributed by atoms with E-state index in [1.165, 1.54) is 24.0 Å². The number of carbonyl (C=O) groups is 1. The summed E-state index contributed by atoms with van der Waals surface area (Å²) in [6, 6.07) is 16.1. The molecule has 2 aromatic carbocycles. The lowest BCUT2D eigenvalue weighted by Gasteiger charge is -2.16. The summed E-state index contributed by atoms with van der Waals surface area (Å²) in [6.07, 6.45) is 4.76. The summed E-state index contributed by atoms with van der Waals surface area (Å²) < 4.78 is 11.1. The summed E-state index contributed by atoms with van der Waals surface area (Å²) in [5, 5.41) is 2.81. The first kappa shape index (κ1) is 17.5. The number of hydrogen-bond donors (Lipinski definition) is 1. The van der Waals surface area contributed by atoms with Gasteiger partial charge in [0.1, 0.15) is 5.75 Å². The number of benzene rings is 2. The number of nitrogens with one attached hydrogen (secondary N) is 1. The van der Waals surface area contributed by atoms with E-state index in [1.54, 1.807) is 0 Å². The van der Waals surface area contributed by atoms with E-state index in [2.05, 4.69) is 17.4 Å². The number of rotatable bonds is 8. The van der Waals surface area contributed by atoms with Gasteiger partial charge >= 0.3 is 0 Å². The van der Waals surface area contributed by atoms with Crippen molar-refractivity contribution in [2.75, 3.05) is 19.8 Å². The van der Waals surface area contributed by atoms with Gasteiger partial charge < -0.3 is 14.8 Å². The van der Waals surface area contributed by atoms with Crippen LogP contribution in [-0.2, 0) is 29.0 Å². The van der Waals surface area contributed by atoms with E-state index < -0.39 is 0 Å². The molecular formula is C21H25NO3. The van der Waals surface area contributed by atoms with Gasteiger partial charge in [-0.3, -0.25) is 4.79 Å². The molecular weight excluding hydrogens is 314 g/mol. The average Bonchev–Trinajstić information content (AvgIpc) is 2.67. The van der Waals surface area contributed by atoms with E-state index in [4.69, 9.17) is 9.47 Å². The zero-order valence-electron chi connectivity index (χ0n) is 14.5. The van der Waals surface area contributed by atoms with Crippen LogP contribution in [-0.4, -0.2) is 25.7 Å². The summed E-state index contributed by atoms with van der Waals surface area (Å²) >= 11 is 0. The smallest absolute Gasteiger partial charge is 0.258 e. The quantitative estimate of drug-likeness (QED) is 0.751. The summed E-state index contributed by atoms with van der Waals surface area (Å²) in [5.74, 6) is 0.650. The molecule has 0 atom stereocenters. The zero-order chi connectivity index (χ0) is 17.3. The van der Waals surface area contributed by atoms with Crippen LogP contribution >= 0.6 is 0 Å². The summed E-state index contributed by atoms with van der Waals surface area (Å²) in [6.45, 7) is 1.57. The molecule has 1 aliphatic rings. The fraction of sp³-hybridized carbons (Fsp3) is 0.381. The third kappa shape index (κ3) is 5.61. The lowest BCUT2D eigenvalue weighted by molar-refractivity contribution is -0.123. The van der Waals surface area contributed by atoms with Gasteiger partial charge in [-0.1, -0.05) is 36.4 Å². The Hall–Kier alpha value is -2.33. The van der Waals surface area contributed by atoms with Crippen LogP contribution in [0.3, 0.4) is 0 Å². The van der Waals surface area contributed by atoms with E-state index in [0.717, 1.165) is 24.2 Å². The number of amides is 1. The van der Waals surface area contributed by atoms with Gasteiger partial charge in [0, 0.05) is 6.54 Å². The summed E-state index contributed by atoms with van der Waals surface area (Å²) in [4.78, 5) is 11.8. The van der Waals surface area contributed by atoms with Crippen molar-refractivity contribution < 1.29 is 14.3 Å². The van der Waals surface area contributed by atoms with Crippen molar-refractivity contribution in [3.63, 3.8) is 0 Å². The summed E-state index contributed by atoms with van der Waals surface area (Å²) in [5.41, 5.74) is 3.90. The second kappa shape index (κ2) is 9.23. The van der Waals surface area contributed by atoms with E-state index in [-0.39, 0.29) is 12.5 Å². The minimum absolute atomic E-state index is 0.0392. The summed E-state index contributed by atoms with van der Waals surface area (Å²) in [7, 11) is 0. The standard InChI is InChI=1S/C21H25NO3/c23-21(22-12-13-24-15-17-6-2-1-3-7-17)16-25-20-11-10-18-8-4-5-9-19(18)14-20/h1-3,6-7,10-11,14H,4-5,8-9,12-13,15-16H2,(H,22,23). The third-order valence-electron chi connectivity index (χ3n) is 4.37. The lowest BCUT2D eigenvalue weighted by Crippen LogP contribution is -2.31. The zero-order valence-corrected chi connectivity index (χ0v) is 14.5. The van der Waals surface area contributed by atoms with Crippen LogP contribution in [0.25, 0.3) is 0 Å². The van der Waals surface area contributed by atoms with Crippen LogP contribution < -0.4 is 10.1 Å². The molecule has 1 aliphatic carbocycles. The number of carbonyl (C=O) groups excluding carboxylic acids is 1. The molecule has 0 radical (unpaired) electrons. The molecule has 3 rings (SSSR count). The topological polar surface area (TPSA) is 47.6 Å². The maximum Gasteiger partial charge on any atom is 0.258 e. The molecule has 1 amide bonds. The van der Waals surface area contributed by atoms with E-state index in [1.807, 2.05) is 36.4 Å². The molecule has 4 nitrogen and oxygen atoms in total. The van der Waals surface area contributed by atoms with E-state index in [0.29, 0.717) is 19.8 Å². The Morgan fingerprint density at radius 1 is 1.00 bits per heavy atom. The minimum Gasteiger partial charge on any atom is -0.484 e. The lowest BCUT2D eigenvalue weighted by atomic mass is 9.92. The molecule has 0 aromatic heterocycles. The molecule has 0 saturated heterocycles. The first-order valence-corrected chi connectivity index (χ1v) is 8.94. The van der Waals surface area contributed by atoms with Crippen LogP contribution in [0.15, 0.2) is 48.5 Å². The number of hydrogen-bond acceptors (Lipinski definition) is 3. The number of fused-ring (bicyclic) bond motifs is 1. The SMILES string of the molecule is O=C(COc1ccc2c(c1)CCCC2)NCCOCc1ccccc1. The molecule has 25 heavy (non-hydrogen) atoms. The van der Waals surface area contributed by atoms with Gasteiger partial charge in [0.15, 0.2) is 6.61 Å². The Labute approximate surface area is 149 Å². The normalized spacial score (nSPS) is 13.1. The van der Waals surface area contributed by atoms with Crippen molar-refractivity contribution in [3.05, 3.63) is 65.2 Å². The molecule has 0 unspecified atom stereocenters. The second-order valence-electron chi connectivity index (χ2n) is 6.31. The fourth-order valence-corrected chi connectivity index (χ4v) is 3.03. The maximum atomic E-state index is 11.8. The maximum absolute atomic E-state index is 11.8. The van der Waals surface area contributed by atoms with Gasteiger partial charge in [-0.05, 0) is 54.5 Å². The van der Waals surface area contributed by atoms with Crippen molar-refractivity contribution in [1.29, 1.82) is 0 Å². The molecule has 4 heteroatoms. The average molecular weight is 339 g/mol. The minimum atomic E-state index is -0.124. The Balaban J connectivity index is 1.31. The molecule has 0 heterocycles. The van der Waals surface area contributed by atoms with Crippen molar-refractivity contribution in [3.8, 4) is 5.75 Å². The van der Waals surface area contributed by atoms with Gasteiger partial charge in [0.05, 0.1) is 13.2 Å². The van der Waals surface area contributed by atoms with Gasteiger partial charge in [-0.15, -0.1) is 0 Å². The largest absolute Gasteiger partial charge is 0.484 e. The van der Waals surface area contributed by atoms with Crippen molar-refractivity contribution >= 4 is 5.91 Å². The Morgan fingerprint density at radius 2 is 1.80 bits per heavy atom. The number of aryl methyl sites for hydroxylation is 2. The van der Waals surface area contributed by atoms with Crippen LogP contribution in [0.4, 0.5) is 0 Å². The molecule has 2 aromatic rings. The highest BCUT2D eigenvalue weighted by molar-refractivity contribution is 5.77. The predicted octanol–water partition coefficient (Wildman–Crippen LogP) is 3.28. The Bertz CT molecular complexity index is 685. The molecule has 0 fully saturated rings. The Kier molecular flexibility index (Phi) is 6.46. The van der Waals surface area contributed by atoms with Crippen LogP contribution in [0, 0.1) is 0 Å². The first-order chi connectivity index (χ1) is 12.3. The third-order valence-corrected chi connectivity index (χ3v) is 4.37. The van der Waals surface area contributed by atoms with Crippen molar-refractivity contribution in [2.45, 2.75) is 32.3 Å². The molecule has 0 aliphatic heterocycles. The fourth-order valence-electron chi connectivity index (χ4n) is 3.03. The van der Waals surface area contributed by atoms with Gasteiger partial charge in [-0.2, -0.15) is 0 Å². The first-order valence-electron chi connectivity index (χ1n) is 8.94. The van der Waals surface area contributed by atoms with Crippen LogP contribution in [0.1, 0.15) is 29.5 Å². The van der Waals surface area contributed by atoms with Gasteiger partial charge in [0.25, 0.3) is 5.91 Å².